The van der Waals surface area contributed by atoms with E-state index in [0.717, 1.165) is 11.2 Å². The van der Waals surface area contributed by atoms with E-state index in [1.54, 1.807) is 6.92 Å². The molecule has 7 nitrogen and oxygen atoms in total. The molecule has 0 bridgehead atoms. The van der Waals surface area contributed by atoms with Gasteiger partial charge in [0.1, 0.15) is 5.82 Å². The Morgan fingerprint density at radius 3 is 2.37 bits per heavy atom. The summed E-state index contributed by atoms with van der Waals surface area (Å²) in [5, 5.41) is 0. The fourth-order valence-corrected chi connectivity index (χ4v) is 4.84. The smallest absolute Gasteiger partial charge is 0.323 e. The second kappa shape index (κ2) is 6.50. The zero-order valence-electron chi connectivity index (χ0n) is 14.7. The van der Waals surface area contributed by atoms with E-state index in [1.807, 2.05) is 18.2 Å². The number of rotatable bonds is 3. The summed E-state index contributed by atoms with van der Waals surface area (Å²) in [6.07, 6.45) is 0. The molecule has 3 aromatic rings. The summed E-state index contributed by atoms with van der Waals surface area (Å²) in [5.41, 5.74) is 2.43. The number of hydrogen-bond donors (Lipinski definition) is 2. The Labute approximate surface area is 155 Å². The van der Waals surface area contributed by atoms with Crippen LogP contribution < -0.4 is 10.6 Å². The van der Waals surface area contributed by atoms with Crippen LogP contribution >= 0.6 is 0 Å². The number of aryl methyl sites for hydroxylation is 1. The first-order chi connectivity index (χ1) is 12.8. The van der Waals surface area contributed by atoms with Gasteiger partial charge in [0.15, 0.2) is 0 Å². The molecule has 0 atom stereocenters. The van der Waals surface area contributed by atoms with E-state index in [1.165, 1.54) is 22.5 Å². The molecule has 142 valence electrons. The van der Waals surface area contributed by atoms with E-state index in [4.69, 9.17) is 0 Å². The number of anilines is 1. The van der Waals surface area contributed by atoms with Crippen molar-refractivity contribution in [1.82, 2.24) is 14.3 Å². The van der Waals surface area contributed by atoms with Crippen LogP contribution in [0.3, 0.4) is 0 Å². The highest BCUT2D eigenvalue weighted by Crippen LogP contribution is 2.24. The second-order valence-electron chi connectivity index (χ2n) is 6.61. The third-order valence-electron chi connectivity index (χ3n) is 4.87. The Morgan fingerprint density at radius 2 is 1.67 bits per heavy atom. The van der Waals surface area contributed by atoms with Crippen molar-refractivity contribution in [3.8, 4) is 0 Å². The second-order valence-corrected chi connectivity index (χ2v) is 8.55. The molecule has 1 aliphatic heterocycles. The Balaban J connectivity index is 1.51. The molecule has 0 spiro atoms. The van der Waals surface area contributed by atoms with E-state index in [9.17, 15) is 17.6 Å². The van der Waals surface area contributed by atoms with Crippen LogP contribution in [0.5, 0.6) is 0 Å². The molecule has 0 radical (unpaired) electrons. The Morgan fingerprint density at radius 1 is 0.963 bits per heavy atom. The van der Waals surface area contributed by atoms with Gasteiger partial charge in [0.05, 0.1) is 15.9 Å². The first-order valence-electron chi connectivity index (χ1n) is 8.58. The molecule has 1 saturated heterocycles. The monoisotopic (exact) mass is 390 g/mol. The molecular weight excluding hydrogens is 371 g/mol. The molecule has 0 unspecified atom stereocenters. The third kappa shape index (κ3) is 3.24. The van der Waals surface area contributed by atoms with Crippen molar-refractivity contribution < 1.29 is 12.8 Å². The van der Waals surface area contributed by atoms with Gasteiger partial charge in [-0.1, -0.05) is 0 Å². The topological polar surface area (TPSA) is 89.3 Å². The van der Waals surface area contributed by atoms with Gasteiger partial charge in [-0.2, -0.15) is 4.31 Å². The van der Waals surface area contributed by atoms with Gasteiger partial charge in [-0.15, -0.1) is 0 Å². The average molecular weight is 390 g/mol. The average Bonchev–Trinajstić information content (AvgIpc) is 3.03. The molecule has 27 heavy (non-hydrogen) atoms. The van der Waals surface area contributed by atoms with Gasteiger partial charge in [-0.25, -0.2) is 17.6 Å². The number of sulfonamides is 1. The van der Waals surface area contributed by atoms with E-state index < -0.39 is 15.8 Å². The minimum atomic E-state index is -3.65. The molecule has 0 aliphatic carbocycles. The van der Waals surface area contributed by atoms with Crippen LogP contribution in [0.15, 0.2) is 46.1 Å². The highest BCUT2D eigenvalue weighted by atomic mass is 32.2. The molecular formula is C18H19FN4O3S. The Kier molecular flexibility index (Phi) is 4.27. The fraction of sp³-hybridized carbons (Fsp3) is 0.278. The molecule has 0 amide bonds. The number of fused-ring (bicyclic) bond motifs is 1. The first-order valence-corrected chi connectivity index (χ1v) is 10.0. The van der Waals surface area contributed by atoms with Crippen LogP contribution in [0.2, 0.25) is 0 Å². The predicted molar refractivity (Wildman–Crippen MR) is 101 cm³/mol. The molecule has 2 N–H and O–H groups in total. The summed E-state index contributed by atoms with van der Waals surface area (Å²) in [6.45, 7) is 3.27. The van der Waals surface area contributed by atoms with Crippen molar-refractivity contribution in [2.45, 2.75) is 11.8 Å². The van der Waals surface area contributed by atoms with Crippen LogP contribution in [-0.4, -0.2) is 48.9 Å². The van der Waals surface area contributed by atoms with Crippen molar-refractivity contribution in [1.29, 1.82) is 0 Å². The largest absolute Gasteiger partial charge is 0.369 e. The third-order valence-corrected chi connectivity index (χ3v) is 6.77. The minimum absolute atomic E-state index is 0.112. The van der Waals surface area contributed by atoms with E-state index >= 15 is 0 Å². The van der Waals surface area contributed by atoms with Gasteiger partial charge in [0.2, 0.25) is 10.0 Å². The molecule has 1 aliphatic rings. The van der Waals surface area contributed by atoms with Crippen molar-refractivity contribution in [2.75, 3.05) is 31.1 Å². The maximum atomic E-state index is 13.4. The van der Waals surface area contributed by atoms with Gasteiger partial charge in [0.25, 0.3) is 0 Å². The van der Waals surface area contributed by atoms with E-state index in [-0.39, 0.29) is 10.6 Å². The number of benzene rings is 2. The van der Waals surface area contributed by atoms with Crippen LogP contribution in [0.1, 0.15) is 5.56 Å². The standard InChI is InChI=1S/C18H19FN4O3S/c1-12-10-14(3-4-15(12)19)27(25,26)23-8-6-22(7-9-23)13-2-5-16-17(11-13)21-18(24)20-16/h2-5,10-11H,6-9H2,1H3,(H2,20,21,24). The van der Waals surface area contributed by atoms with Crippen LogP contribution in [0.25, 0.3) is 11.0 Å². The highest BCUT2D eigenvalue weighted by Gasteiger charge is 2.29. The van der Waals surface area contributed by atoms with Crippen molar-refractivity contribution >= 4 is 26.7 Å². The Hall–Kier alpha value is -2.65. The fourth-order valence-electron chi connectivity index (χ4n) is 3.33. The van der Waals surface area contributed by atoms with E-state index in [2.05, 4.69) is 14.9 Å². The summed E-state index contributed by atoms with van der Waals surface area (Å²) in [4.78, 5) is 19.0. The lowest BCUT2D eigenvalue weighted by Gasteiger charge is -2.35. The zero-order chi connectivity index (χ0) is 19.2. The summed E-state index contributed by atoms with van der Waals surface area (Å²) in [6, 6.07) is 9.46. The maximum absolute atomic E-state index is 13.4. The van der Waals surface area contributed by atoms with Gasteiger partial charge < -0.3 is 14.9 Å². The number of aromatic nitrogens is 2. The summed E-state index contributed by atoms with van der Waals surface area (Å²) < 4.78 is 40.5. The number of aromatic amines is 2. The van der Waals surface area contributed by atoms with Crippen LogP contribution in [0, 0.1) is 12.7 Å². The number of H-pyrrole nitrogens is 2. The SMILES string of the molecule is Cc1cc(S(=O)(=O)N2CCN(c3ccc4[nH]c(=O)[nH]c4c3)CC2)ccc1F. The minimum Gasteiger partial charge on any atom is -0.369 e. The maximum Gasteiger partial charge on any atom is 0.323 e. The summed E-state index contributed by atoms with van der Waals surface area (Å²) >= 11 is 0. The van der Waals surface area contributed by atoms with Gasteiger partial charge in [0, 0.05) is 31.9 Å². The number of nitrogens with one attached hydrogen (secondary N) is 2. The highest BCUT2D eigenvalue weighted by molar-refractivity contribution is 7.89. The molecule has 1 fully saturated rings. The number of nitrogens with zero attached hydrogens (tertiary/aromatic N) is 2. The van der Waals surface area contributed by atoms with Crippen molar-refractivity contribution in [3.05, 3.63) is 58.3 Å². The van der Waals surface area contributed by atoms with Gasteiger partial charge in [-0.05, 0) is 48.9 Å². The predicted octanol–water partition coefficient (Wildman–Crippen LogP) is 1.81. The van der Waals surface area contributed by atoms with Crippen molar-refractivity contribution in [3.63, 3.8) is 0 Å². The molecule has 2 aromatic carbocycles. The molecule has 1 aromatic heterocycles. The zero-order valence-corrected chi connectivity index (χ0v) is 15.5. The molecule has 9 heteroatoms. The molecule has 4 rings (SSSR count). The molecule has 0 saturated carbocycles. The summed E-state index contributed by atoms with van der Waals surface area (Å²) in [5.74, 6) is -0.419. The molecule has 2 heterocycles. The lowest BCUT2D eigenvalue weighted by Crippen LogP contribution is -2.48. The lowest BCUT2D eigenvalue weighted by molar-refractivity contribution is 0.385. The van der Waals surface area contributed by atoms with Gasteiger partial charge in [-0.3, -0.25) is 0 Å². The number of imidazole rings is 1. The Bertz CT molecular complexity index is 1160. The lowest BCUT2D eigenvalue weighted by atomic mass is 10.2. The number of piperazine rings is 1. The normalized spacial score (nSPS) is 16.1. The number of halogens is 1. The van der Waals surface area contributed by atoms with Crippen molar-refractivity contribution in [2.24, 2.45) is 0 Å². The first kappa shape index (κ1) is 17.7. The van der Waals surface area contributed by atoms with E-state index in [0.29, 0.717) is 37.3 Å². The summed E-state index contributed by atoms with van der Waals surface area (Å²) in [7, 11) is -3.65. The quantitative estimate of drug-likeness (QED) is 0.714. The number of hydrogen-bond acceptors (Lipinski definition) is 4. The van der Waals surface area contributed by atoms with Crippen LogP contribution in [-0.2, 0) is 10.0 Å². The van der Waals surface area contributed by atoms with Crippen LogP contribution in [0.4, 0.5) is 10.1 Å². The van der Waals surface area contributed by atoms with Gasteiger partial charge >= 0.3 is 5.69 Å².